The number of nitrogens with one attached hydrogen (secondary N) is 1. The minimum Gasteiger partial charge on any atom is -0.360 e. The number of carbonyl (C=O) groups excluding carboxylic acids is 1. The van der Waals surface area contributed by atoms with E-state index in [1.54, 1.807) is 30.5 Å². The summed E-state index contributed by atoms with van der Waals surface area (Å²) in [5, 5.41) is 9.20. The van der Waals surface area contributed by atoms with Gasteiger partial charge in [0.25, 0.3) is 0 Å². The molecule has 1 amide bonds. The normalized spacial score (nSPS) is 10.3. The van der Waals surface area contributed by atoms with Crippen molar-refractivity contribution in [3.63, 3.8) is 0 Å². The highest BCUT2D eigenvalue weighted by Gasteiger charge is 2.07. The largest absolute Gasteiger partial charge is 0.360 e. The van der Waals surface area contributed by atoms with Crippen LogP contribution in [0.15, 0.2) is 22.2 Å². The Morgan fingerprint density at radius 2 is 2.50 bits per heavy atom. The molecular weight excluding hydrogens is 226 g/mol. The van der Waals surface area contributed by atoms with Crippen LogP contribution in [0.1, 0.15) is 17.2 Å². The minimum absolute atomic E-state index is 0.0801. The first kappa shape index (κ1) is 10.8. The SMILES string of the molecule is Cc1cc(NC(=O)CCc2nccs2)no1. The van der Waals surface area contributed by atoms with Gasteiger partial charge in [-0.05, 0) is 6.92 Å². The molecule has 0 fully saturated rings. The van der Waals surface area contributed by atoms with Gasteiger partial charge in [0.05, 0.1) is 5.01 Å². The van der Waals surface area contributed by atoms with Crippen LogP contribution in [0.4, 0.5) is 5.82 Å². The van der Waals surface area contributed by atoms with Crippen molar-refractivity contribution in [1.29, 1.82) is 0 Å². The summed E-state index contributed by atoms with van der Waals surface area (Å²) in [6.45, 7) is 1.78. The maximum atomic E-state index is 11.5. The van der Waals surface area contributed by atoms with Crippen molar-refractivity contribution < 1.29 is 9.32 Å². The molecule has 0 atom stereocenters. The lowest BCUT2D eigenvalue weighted by Crippen LogP contribution is -2.12. The number of thiazole rings is 1. The highest BCUT2D eigenvalue weighted by atomic mass is 32.1. The van der Waals surface area contributed by atoms with Gasteiger partial charge in [0.15, 0.2) is 5.82 Å². The third-order valence-electron chi connectivity index (χ3n) is 1.94. The predicted molar refractivity (Wildman–Crippen MR) is 60.3 cm³/mol. The van der Waals surface area contributed by atoms with Gasteiger partial charge in [-0.3, -0.25) is 4.79 Å². The number of anilines is 1. The highest BCUT2D eigenvalue weighted by Crippen LogP contribution is 2.10. The van der Waals surface area contributed by atoms with Gasteiger partial charge in [-0.25, -0.2) is 4.98 Å². The van der Waals surface area contributed by atoms with Gasteiger partial charge in [-0.1, -0.05) is 5.16 Å². The van der Waals surface area contributed by atoms with Crippen molar-refractivity contribution in [2.75, 3.05) is 5.32 Å². The molecule has 0 bridgehead atoms. The van der Waals surface area contributed by atoms with Crippen LogP contribution in [0.2, 0.25) is 0 Å². The lowest BCUT2D eigenvalue weighted by Gasteiger charge is -1.98. The fourth-order valence-electron chi connectivity index (χ4n) is 1.23. The maximum Gasteiger partial charge on any atom is 0.226 e. The molecule has 0 saturated heterocycles. The molecule has 0 aliphatic carbocycles. The Hall–Kier alpha value is -1.69. The van der Waals surface area contributed by atoms with Crippen LogP contribution in [0.3, 0.4) is 0 Å². The molecular formula is C10H11N3O2S. The molecule has 2 aromatic rings. The summed E-state index contributed by atoms with van der Waals surface area (Å²) in [6.07, 6.45) is 2.79. The van der Waals surface area contributed by atoms with Gasteiger partial charge in [-0.2, -0.15) is 0 Å². The topological polar surface area (TPSA) is 68.0 Å². The third-order valence-corrected chi connectivity index (χ3v) is 2.78. The van der Waals surface area contributed by atoms with E-state index in [9.17, 15) is 4.79 Å². The lowest BCUT2D eigenvalue weighted by molar-refractivity contribution is -0.116. The Kier molecular flexibility index (Phi) is 3.31. The van der Waals surface area contributed by atoms with Crippen LogP contribution in [-0.2, 0) is 11.2 Å². The van der Waals surface area contributed by atoms with Crippen LogP contribution in [0.25, 0.3) is 0 Å². The van der Waals surface area contributed by atoms with E-state index in [1.807, 2.05) is 5.38 Å². The number of rotatable bonds is 4. The van der Waals surface area contributed by atoms with Crippen LogP contribution in [0, 0.1) is 6.92 Å². The second kappa shape index (κ2) is 4.89. The summed E-state index contributed by atoms with van der Waals surface area (Å²) in [5.41, 5.74) is 0. The molecule has 84 valence electrons. The van der Waals surface area contributed by atoms with E-state index in [1.165, 1.54) is 0 Å². The van der Waals surface area contributed by atoms with Crippen molar-refractivity contribution in [3.8, 4) is 0 Å². The molecule has 0 aliphatic rings. The predicted octanol–water partition coefficient (Wildman–Crippen LogP) is 2.01. The van der Waals surface area contributed by atoms with Crippen molar-refractivity contribution in [2.24, 2.45) is 0 Å². The first-order valence-corrected chi connectivity index (χ1v) is 5.73. The number of hydrogen-bond donors (Lipinski definition) is 1. The fraction of sp³-hybridized carbons (Fsp3) is 0.300. The Balaban J connectivity index is 1.81. The third kappa shape index (κ3) is 2.90. The zero-order chi connectivity index (χ0) is 11.4. The van der Waals surface area contributed by atoms with E-state index in [0.717, 1.165) is 5.01 Å². The summed E-state index contributed by atoms with van der Waals surface area (Å²) in [6, 6.07) is 1.68. The number of nitrogens with zero attached hydrogens (tertiary/aromatic N) is 2. The van der Waals surface area contributed by atoms with Gasteiger partial charge in [0, 0.05) is 30.5 Å². The van der Waals surface area contributed by atoms with Gasteiger partial charge in [0.1, 0.15) is 5.76 Å². The Morgan fingerprint density at radius 3 is 3.12 bits per heavy atom. The van der Waals surface area contributed by atoms with Gasteiger partial charge >= 0.3 is 0 Å². The van der Waals surface area contributed by atoms with Crippen LogP contribution >= 0.6 is 11.3 Å². The molecule has 16 heavy (non-hydrogen) atoms. The summed E-state index contributed by atoms with van der Waals surface area (Å²) in [7, 11) is 0. The molecule has 0 spiro atoms. The number of aromatic nitrogens is 2. The second-order valence-electron chi connectivity index (χ2n) is 3.30. The molecule has 2 rings (SSSR count). The molecule has 0 unspecified atom stereocenters. The average molecular weight is 237 g/mol. The second-order valence-corrected chi connectivity index (χ2v) is 4.28. The Morgan fingerprint density at radius 1 is 1.62 bits per heavy atom. The zero-order valence-electron chi connectivity index (χ0n) is 8.77. The fourth-order valence-corrected chi connectivity index (χ4v) is 1.85. The number of amides is 1. The minimum atomic E-state index is -0.0801. The Bertz CT molecular complexity index is 464. The first-order valence-electron chi connectivity index (χ1n) is 4.85. The quantitative estimate of drug-likeness (QED) is 0.883. The number of aryl methyl sites for hydroxylation is 2. The summed E-state index contributed by atoms with van der Waals surface area (Å²) in [5.74, 6) is 1.06. The molecule has 5 nitrogen and oxygen atoms in total. The molecule has 2 aromatic heterocycles. The monoisotopic (exact) mass is 237 g/mol. The van der Waals surface area contributed by atoms with E-state index in [-0.39, 0.29) is 5.91 Å². The van der Waals surface area contributed by atoms with Crippen molar-refractivity contribution in [3.05, 3.63) is 28.4 Å². The molecule has 6 heteroatoms. The maximum absolute atomic E-state index is 11.5. The zero-order valence-corrected chi connectivity index (χ0v) is 9.58. The molecule has 0 aliphatic heterocycles. The van der Waals surface area contributed by atoms with Crippen molar-refractivity contribution >= 4 is 23.1 Å². The number of carbonyl (C=O) groups is 1. The average Bonchev–Trinajstić information content (AvgIpc) is 2.87. The smallest absolute Gasteiger partial charge is 0.226 e. The van der Waals surface area contributed by atoms with Crippen molar-refractivity contribution in [2.45, 2.75) is 19.8 Å². The summed E-state index contributed by atoms with van der Waals surface area (Å²) >= 11 is 1.55. The molecule has 0 saturated carbocycles. The van der Waals surface area contributed by atoms with Gasteiger partial charge < -0.3 is 9.84 Å². The first-order chi connectivity index (χ1) is 7.74. The van der Waals surface area contributed by atoms with E-state index in [2.05, 4.69) is 15.5 Å². The van der Waals surface area contributed by atoms with Gasteiger partial charge in [0.2, 0.25) is 5.91 Å². The van der Waals surface area contributed by atoms with E-state index < -0.39 is 0 Å². The van der Waals surface area contributed by atoms with Gasteiger partial charge in [-0.15, -0.1) is 11.3 Å². The molecule has 1 N–H and O–H groups in total. The van der Waals surface area contributed by atoms with E-state index in [4.69, 9.17) is 4.52 Å². The standard InChI is InChI=1S/C10H11N3O2S/c1-7-6-8(13-15-7)12-9(14)2-3-10-11-4-5-16-10/h4-6H,2-3H2,1H3,(H,12,13,14). The van der Waals surface area contributed by atoms with E-state index >= 15 is 0 Å². The Labute approximate surface area is 96.5 Å². The number of hydrogen-bond acceptors (Lipinski definition) is 5. The highest BCUT2D eigenvalue weighted by molar-refractivity contribution is 7.09. The van der Waals surface area contributed by atoms with Crippen LogP contribution in [-0.4, -0.2) is 16.0 Å². The molecule has 0 radical (unpaired) electrons. The van der Waals surface area contributed by atoms with Crippen molar-refractivity contribution in [1.82, 2.24) is 10.1 Å². The molecule has 2 heterocycles. The molecule has 0 aromatic carbocycles. The lowest BCUT2D eigenvalue weighted by atomic mass is 10.3. The van der Waals surface area contributed by atoms with Crippen LogP contribution < -0.4 is 5.32 Å². The summed E-state index contributed by atoms with van der Waals surface area (Å²) in [4.78, 5) is 15.6. The van der Waals surface area contributed by atoms with Crippen LogP contribution in [0.5, 0.6) is 0 Å². The summed E-state index contributed by atoms with van der Waals surface area (Å²) < 4.78 is 4.84. The van der Waals surface area contributed by atoms with E-state index in [0.29, 0.717) is 24.4 Å².